The van der Waals surface area contributed by atoms with Gasteiger partial charge in [0.25, 0.3) is 0 Å². The monoisotopic (exact) mass is 384 g/mol. The number of fused-ring (bicyclic) bond motifs is 2. The van der Waals surface area contributed by atoms with Crippen LogP contribution in [-0.2, 0) is 15.4 Å². The van der Waals surface area contributed by atoms with Crippen molar-refractivity contribution in [3.05, 3.63) is 54.2 Å². The van der Waals surface area contributed by atoms with Crippen molar-refractivity contribution in [2.45, 2.75) is 23.2 Å². The molecule has 0 saturated heterocycles. The van der Waals surface area contributed by atoms with E-state index >= 15 is 0 Å². The number of aromatic nitrogens is 1. The lowest BCUT2D eigenvalue weighted by Gasteiger charge is -2.20. The van der Waals surface area contributed by atoms with Gasteiger partial charge in [0.15, 0.2) is 11.5 Å². The molecule has 0 radical (unpaired) electrons. The molecule has 2 aliphatic rings. The number of sulfonamides is 1. The fourth-order valence-electron chi connectivity index (χ4n) is 3.71. The van der Waals surface area contributed by atoms with E-state index in [1.807, 2.05) is 24.4 Å². The molecule has 7 heteroatoms. The van der Waals surface area contributed by atoms with Gasteiger partial charge >= 0.3 is 0 Å². The summed E-state index contributed by atoms with van der Waals surface area (Å²) in [6.07, 6.45) is 3.95. The molecule has 0 spiro atoms. The van der Waals surface area contributed by atoms with E-state index in [1.54, 1.807) is 12.1 Å². The third-order valence-corrected chi connectivity index (χ3v) is 6.84. The molecular formula is C20H20N2O4S. The predicted molar refractivity (Wildman–Crippen MR) is 102 cm³/mol. The Balaban J connectivity index is 1.39. The third kappa shape index (κ3) is 2.87. The summed E-state index contributed by atoms with van der Waals surface area (Å²) in [4.78, 5) is 3.49. The van der Waals surface area contributed by atoms with E-state index < -0.39 is 10.0 Å². The molecule has 2 N–H and O–H groups in total. The zero-order chi connectivity index (χ0) is 18.5. The molecule has 1 saturated carbocycles. The topological polar surface area (TPSA) is 80.4 Å². The highest BCUT2D eigenvalue weighted by Crippen LogP contribution is 2.50. The van der Waals surface area contributed by atoms with Crippen molar-refractivity contribution in [2.75, 3.05) is 19.8 Å². The predicted octanol–water partition coefficient (Wildman–Crippen LogP) is 2.95. The van der Waals surface area contributed by atoms with Crippen LogP contribution in [0, 0.1) is 0 Å². The minimum atomic E-state index is -3.63. The SMILES string of the molecule is O=S(=O)(NCC1(c2c[nH]c3ccccc23)CC1)c1ccc2c(c1)OCCO2. The number of rotatable bonds is 5. The molecule has 1 fully saturated rings. The van der Waals surface area contributed by atoms with Crippen molar-refractivity contribution in [3.8, 4) is 11.5 Å². The summed E-state index contributed by atoms with van der Waals surface area (Å²) in [7, 11) is -3.63. The van der Waals surface area contributed by atoms with Gasteiger partial charge in [0.2, 0.25) is 10.0 Å². The molecule has 0 atom stereocenters. The Morgan fingerprint density at radius 2 is 1.81 bits per heavy atom. The number of benzene rings is 2. The maximum absolute atomic E-state index is 12.8. The Morgan fingerprint density at radius 3 is 2.63 bits per heavy atom. The van der Waals surface area contributed by atoms with Crippen LogP contribution in [0.25, 0.3) is 10.9 Å². The number of H-pyrrole nitrogens is 1. The number of aromatic amines is 1. The van der Waals surface area contributed by atoms with E-state index in [0.717, 1.165) is 23.7 Å². The molecule has 0 amide bonds. The standard InChI is InChI=1S/C20H20N2O4S/c23-27(24,14-5-6-18-19(11-14)26-10-9-25-18)22-13-20(7-8-20)16-12-21-17-4-2-1-3-15(16)17/h1-6,11-12,21-22H,7-10,13H2. The van der Waals surface area contributed by atoms with Crippen LogP contribution >= 0.6 is 0 Å². The molecule has 1 aromatic heterocycles. The van der Waals surface area contributed by atoms with Gasteiger partial charge in [-0.05, 0) is 36.6 Å². The molecule has 140 valence electrons. The summed E-state index contributed by atoms with van der Waals surface area (Å²) in [6, 6.07) is 12.9. The number of hydrogen-bond donors (Lipinski definition) is 2. The highest BCUT2D eigenvalue weighted by Gasteiger charge is 2.46. The van der Waals surface area contributed by atoms with Crippen molar-refractivity contribution in [3.63, 3.8) is 0 Å². The number of nitrogens with one attached hydrogen (secondary N) is 2. The highest BCUT2D eigenvalue weighted by atomic mass is 32.2. The van der Waals surface area contributed by atoms with Gasteiger partial charge in [-0.25, -0.2) is 13.1 Å². The van der Waals surface area contributed by atoms with Gasteiger partial charge in [0, 0.05) is 35.1 Å². The number of hydrogen-bond acceptors (Lipinski definition) is 4. The second-order valence-electron chi connectivity index (χ2n) is 7.16. The van der Waals surface area contributed by atoms with Gasteiger partial charge in [0.1, 0.15) is 13.2 Å². The van der Waals surface area contributed by atoms with Crippen LogP contribution < -0.4 is 14.2 Å². The quantitative estimate of drug-likeness (QED) is 0.709. The zero-order valence-corrected chi connectivity index (χ0v) is 15.5. The Hall–Kier alpha value is -2.51. The van der Waals surface area contributed by atoms with Crippen molar-refractivity contribution in [1.29, 1.82) is 0 Å². The molecular weight excluding hydrogens is 364 g/mol. The van der Waals surface area contributed by atoms with E-state index in [2.05, 4.69) is 15.8 Å². The summed E-state index contributed by atoms with van der Waals surface area (Å²) in [5, 5.41) is 1.16. The van der Waals surface area contributed by atoms with Crippen LogP contribution in [0.15, 0.2) is 53.6 Å². The first-order valence-corrected chi connectivity index (χ1v) is 10.5. The lowest BCUT2D eigenvalue weighted by atomic mass is 9.96. The van der Waals surface area contributed by atoms with Gasteiger partial charge in [-0.1, -0.05) is 18.2 Å². The van der Waals surface area contributed by atoms with Crippen molar-refractivity contribution >= 4 is 20.9 Å². The highest BCUT2D eigenvalue weighted by molar-refractivity contribution is 7.89. The fraction of sp³-hybridized carbons (Fsp3) is 0.300. The Morgan fingerprint density at radius 1 is 1.04 bits per heavy atom. The molecule has 5 rings (SSSR count). The average molecular weight is 384 g/mol. The third-order valence-electron chi connectivity index (χ3n) is 5.44. The Bertz CT molecular complexity index is 1120. The van der Waals surface area contributed by atoms with Crippen molar-refractivity contribution < 1.29 is 17.9 Å². The average Bonchev–Trinajstić information content (AvgIpc) is 3.36. The molecule has 6 nitrogen and oxygen atoms in total. The maximum atomic E-state index is 12.8. The zero-order valence-electron chi connectivity index (χ0n) is 14.7. The lowest BCUT2D eigenvalue weighted by Crippen LogP contribution is -2.32. The van der Waals surface area contributed by atoms with Crippen LogP contribution in [0.1, 0.15) is 18.4 Å². The number of ether oxygens (including phenoxy) is 2. The van der Waals surface area contributed by atoms with Gasteiger partial charge in [-0.15, -0.1) is 0 Å². The largest absolute Gasteiger partial charge is 0.486 e. The molecule has 2 aromatic carbocycles. The first kappa shape index (κ1) is 16.6. The summed E-state index contributed by atoms with van der Waals surface area (Å²) in [6.45, 7) is 1.28. The molecule has 1 aliphatic carbocycles. The smallest absolute Gasteiger partial charge is 0.240 e. The molecule has 2 heterocycles. The van der Waals surface area contributed by atoms with Crippen LogP contribution in [0.3, 0.4) is 0 Å². The summed E-state index contributed by atoms with van der Waals surface area (Å²) >= 11 is 0. The van der Waals surface area contributed by atoms with Crippen LogP contribution in [0.2, 0.25) is 0 Å². The number of para-hydroxylation sites is 1. The first-order valence-electron chi connectivity index (χ1n) is 9.03. The minimum Gasteiger partial charge on any atom is -0.486 e. The van der Waals surface area contributed by atoms with E-state index in [-0.39, 0.29) is 10.3 Å². The van der Waals surface area contributed by atoms with E-state index in [9.17, 15) is 8.42 Å². The van der Waals surface area contributed by atoms with Crippen molar-refractivity contribution in [1.82, 2.24) is 9.71 Å². The summed E-state index contributed by atoms with van der Waals surface area (Å²) < 4.78 is 39.4. The Kier molecular flexibility index (Phi) is 3.70. The maximum Gasteiger partial charge on any atom is 0.240 e. The van der Waals surface area contributed by atoms with Crippen LogP contribution in [-0.4, -0.2) is 33.2 Å². The van der Waals surface area contributed by atoms with Gasteiger partial charge in [-0.2, -0.15) is 0 Å². The van der Waals surface area contributed by atoms with Gasteiger partial charge in [-0.3, -0.25) is 0 Å². The molecule has 0 bridgehead atoms. The summed E-state index contributed by atoms with van der Waals surface area (Å²) in [5.41, 5.74) is 2.12. The van der Waals surface area contributed by atoms with Gasteiger partial charge in [0.05, 0.1) is 4.90 Å². The normalized spacial score (nSPS) is 17.8. The van der Waals surface area contributed by atoms with Crippen molar-refractivity contribution in [2.24, 2.45) is 0 Å². The van der Waals surface area contributed by atoms with Crippen LogP contribution in [0.5, 0.6) is 11.5 Å². The molecule has 27 heavy (non-hydrogen) atoms. The molecule has 1 aliphatic heterocycles. The summed E-state index contributed by atoms with van der Waals surface area (Å²) in [5.74, 6) is 1.06. The molecule has 0 unspecified atom stereocenters. The first-order chi connectivity index (χ1) is 13.1. The minimum absolute atomic E-state index is 0.138. The second kappa shape index (κ2) is 6.00. The van der Waals surface area contributed by atoms with Crippen LogP contribution in [0.4, 0.5) is 0 Å². The fourth-order valence-corrected chi connectivity index (χ4v) is 4.85. The van der Waals surface area contributed by atoms with E-state index in [1.165, 1.54) is 11.6 Å². The molecule has 3 aromatic rings. The van der Waals surface area contributed by atoms with E-state index in [0.29, 0.717) is 31.3 Å². The lowest BCUT2D eigenvalue weighted by molar-refractivity contribution is 0.171. The van der Waals surface area contributed by atoms with Gasteiger partial charge < -0.3 is 14.5 Å². The second-order valence-corrected chi connectivity index (χ2v) is 8.93. The Labute approximate surface area is 157 Å². The van der Waals surface area contributed by atoms with E-state index in [4.69, 9.17) is 9.47 Å².